The number of pyridine rings is 1. The smallest absolute Gasteiger partial charge is 0.166 e. The van der Waals surface area contributed by atoms with Gasteiger partial charge in [-0.1, -0.05) is 31.2 Å². The topological polar surface area (TPSA) is 48.1 Å². The number of nitrogens with two attached hydrogens (primary N) is 1. The lowest BCUT2D eigenvalue weighted by molar-refractivity contribution is 0.306. The van der Waals surface area contributed by atoms with Crippen molar-refractivity contribution < 1.29 is 4.74 Å². The van der Waals surface area contributed by atoms with Crippen LogP contribution in [-0.2, 0) is 13.0 Å². The zero-order valence-electron chi connectivity index (χ0n) is 9.89. The SMILES string of the molecule is CCc1ccccc1COc1cccnc1N. The molecule has 88 valence electrons. The molecule has 0 saturated heterocycles. The summed E-state index contributed by atoms with van der Waals surface area (Å²) in [6.07, 6.45) is 2.66. The van der Waals surface area contributed by atoms with Gasteiger partial charge in [0.2, 0.25) is 0 Å². The van der Waals surface area contributed by atoms with E-state index in [-0.39, 0.29) is 0 Å². The van der Waals surface area contributed by atoms with Crippen molar-refractivity contribution in [3.63, 3.8) is 0 Å². The second kappa shape index (κ2) is 5.34. The van der Waals surface area contributed by atoms with Gasteiger partial charge >= 0.3 is 0 Å². The lowest BCUT2D eigenvalue weighted by Gasteiger charge is -2.10. The summed E-state index contributed by atoms with van der Waals surface area (Å²) in [4.78, 5) is 3.99. The lowest BCUT2D eigenvalue weighted by Crippen LogP contribution is -2.02. The molecule has 1 aromatic carbocycles. The van der Waals surface area contributed by atoms with E-state index in [4.69, 9.17) is 10.5 Å². The van der Waals surface area contributed by atoms with Crippen LogP contribution in [0.2, 0.25) is 0 Å². The van der Waals surface area contributed by atoms with Gasteiger partial charge in [-0.3, -0.25) is 0 Å². The first kappa shape index (κ1) is 11.5. The molecule has 3 nitrogen and oxygen atoms in total. The summed E-state index contributed by atoms with van der Waals surface area (Å²) in [6, 6.07) is 11.9. The number of nitrogens with zero attached hydrogens (tertiary/aromatic N) is 1. The number of hydrogen-bond acceptors (Lipinski definition) is 3. The average Bonchev–Trinajstić information content (AvgIpc) is 2.38. The molecule has 0 amide bonds. The maximum atomic E-state index is 5.72. The van der Waals surface area contributed by atoms with Crippen molar-refractivity contribution >= 4 is 5.82 Å². The Hall–Kier alpha value is -2.03. The van der Waals surface area contributed by atoms with Gasteiger partial charge in [0.15, 0.2) is 11.6 Å². The van der Waals surface area contributed by atoms with Crippen LogP contribution in [0.4, 0.5) is 5.82 Å². The number of rotatable bonds is 4. The number of hydrogen-bond donors (Lipinski definition) is 1. The lowest BCUT2D eigenvalue weighted by atomic mass is 10.1. The monoisotopic (exact) mass is 228 g/mol. The molecule has 2 N–H and O–H groups in total. The minimum atomic E-state index is 0.432. The van der Waals surface area contributed by atoms with Gasteiger partial charge in [-0.2, -0.15) is 0 Å². The first-order valence-electron chi connectivity index (χ1n) is 5.71. The van der Waals surface area contributed by atoms with Crippen molar-refractivity contribution in [2.45, 2.75) is 20.0 Å². The minimum absolute atomic E-state index is 0.432. The fourth-order valence-electron chi connectivity index (χ4n) is 1.72. The Morgan fingerprint density at radius 1 is 1.12 bits per heavy atom. The third-order valence-electron chi connectivity index (χ3n) is 2.68. The molecule has 1 aromatic heterocycles. The first-order valence-corrected chi connectivity index (χ1v) is 5.71. The van der Waals surface area contributed by atoms with Gasteiger partial charge < -0.3 is 10.5 Å². The van der Waals surface area contributed by atoms with Crippen LogP contribution in [0.3, 0.4) is 0 Å². The van der Waals surface area contributed by atoms with Gasteiger partial charge in [0.25, 0.3) is 0 Å². The van der Waals surface area contributed by atoms with Crippen LogP contribution >= 0.6 is 0 Å². The molecule has 0 unspecified atom stereocenters. The van der Waals surface area contributed by atoms with Gasteiger partial charge in [-0.15, -0.1) is 0 Å². The summed E-state index contributed by atoms with van der Waals surface area (Å²) in [5.41, 5.74) is 8.21. The number of anilines is 1. The van der Waals surface area contributed by atoms with Crippen LogP contribution in [0.5, 0.6) is 5.75 Å². The molecule has 1 heterocycles. The molecule has 0 aliphatic heterocycles. The molecule has 0 radical (unpaired) electrons. The second-order valence-electron chi connectivity index (χ2n) is 3.80. The molecule has 0 aliphatic carbocycles. The van der Waals surface area contributed by atoms with Gasteiger partial charge in [0.05, 0.1) is 0 Å². The maximum absolute atomic E-state index is 5.72. The van der Waals surface area contributed by atoms with Crippen LogP contribution in [0.1, 0.15) is 18.1 Å². The molecule has 0 fully saturated rings. The Balaban J connectivity index is 2.10. The zero-order chi connectivity index (χ0) is 12.1. The molecule has 0 saturated carbocycles. The van der Waals surface area contributed by atoms with E-state index in [9.17, 15) is 0 Å². The number of aryl methyl sites for hydroxylation is 1. The van der Waals surface area contributed by atoms with Crippen molar-refractivity contribution in [2.75, 3.05) is 5.73 Å². The molecule has 2 aromatic rings. The largest absolute Gasteiger partial charge is 0.485 e. The van der Waals surface area contributed by atoms with Crippen LogP contribution in [-0.4, -0.2) is 4.98 Å². The van der Waals surface area contributed by atoms with Gasteiger partial charge in [0, 0.05) is 6.20 Å². The molecule has 0 aliphatic rings. The number of nitrogen functional groups attached to an aromatic ring is 1. The fourth-order valence-corrected chi connectivity index (χ4v) is 1.72. The fraction of sp³-hybridized carbons (Fsp3) is 0.214. The Morgan fingerprint density at radius 2 is 1.88 bits per heavy atom. The van der Waals surface area contributed by atoms with Crippen molar-refractivity contribution in [3.8, 4) is 5.75 Å². The quantitative estimate of drug-likeness (QED) is 0.875. The molecule has 0 bridgehead atoms. The van der Waals surface area contributed by atoms with Crippen molar-refractivity contribution in [1.82, 2.24) is 4.98 Å². The highest BCUT2D eigenvalue weighted by molar-refractivity contribution is 5.44. The van der Waals surface area contributed by atoms with E-state index in [1.807, 2.05) is 24.3 Å². The maximum Gasteiger partial charge on any atom is 0.166 e. The summed E-state index contributed by atoms with van der Waals surface area (Å²) < 4.78 is 5.68. The van der Waals surface area contributed by atoms with Gasteiger partial charge in [0.1, 0.15) is 6.61 Å². The van der Waals surface area contributed by atoms with Crippen molar-refractivity contribution in [3.05, 3.63) is 53.7 Å². The van der Waals surface area contributed by atoms with Crippen LogP contribution in [0.25, 0.3) is 0 Å². The third kappa shape index (κ3) is 2.75. The minimum Gasteiger partial charge on any atom is -0.485 e. The summed E-state index contributed by atoms with van der Waals surface area (Å²) in [5, 5.41) is 0. The molecule has 2 rings (SSSR count). The normalized spacial score (nSPS) is 10.2. The summed E-state index contributed by atoms with van der Waals surface area (Å²) in [7, 11) is 0. The molecule has 3 heteroatoms. The first-order chi connectivity index (χ1) is 8.31. The van der Waals surface area contributed by atoms with E-state index in [1.165, 1.54) is 11.1 Å². The Morgan fingerprint density at radius 3 is 2.59 bits per heavy atom. The van der Waals surface area contributed by atoms with Crippen LogP contribution < -0.4 is 10.5 Å². The van der Waals surface area contributed by atoms with E-state index in [2.05, 4.69) is 24.0 Å². The average molecular weight is 228 g/mol. The number of benzene rings is 1. The molecule has 17 heavy (non-hydrogen) atoms. The summed E-state index contributed by atoms with van der Waals surface area (Å²) in [5.74, 6) is 1.07. The summed E-state index contributed by atoms with van der Waals surface area (Å²) >= 11 is 0. The van der Waals surface area contributed by atoms with E-state index in [0.29, 0.717) is 18.2 Å². The van der Waals surface area contributed by atoms with Gasteiger partial charge in [-0.25, -0.2) is 4.98 Å². The highest BCUT2D eigenvalue weighted by atomic mass is 16.5. The highest BCUT2D eigenvalue weighted by Crippen LogP contribution is 2.19. The Bertz CT molecular complexity index is 497. The summed E-state index contributed by atoms with van der Waals surface area (Å²) in [6.45, 7) is 2.66. The Labute approximate surface area is 101 Å². The van der Waals surface area contributed by atoms with E-state index in [0.717, 1.165) is 6.42 Å². The zero-order valence-corrected chi connectivity index (χ0v) is 9.89. The predicted molar refractivity (Wildman–Crippen MR) is 68.8 cm³/mol. The molecule has 0 spiro atoms. The highest BCUT2D eigenvalue weighted by Gasteiger charge is 2.03. The van der Waals surface area contributed by atoms with Gasteiger partial charge in [-0.05, 0) is 29.7 Å². The molecule has 0 atom stereocenters. The van der Waals surface area contributed by atoms with Crippen molar-refractivity contribution in [2.24, 2.45) is 0 Å². The van der Waals surface area contributed by atoms with Crippen molar-refractivity contribution in [1.29, 1.82) is 0 Å². The molecular weight excluding hydrogens is 212 g/mol. The van der Waals surface area contributed by atoms with Crippen LogP contribution in [0, 0.1) is 0 Å². The standard InChI is InChI=1S/C14H16N2O/c1-2-11-6-3-4-7-12(11)10-17-13-8-5-9-16-14(13)15/h3-9H,2,10H2,1H3,(H2,15,16). The predicted octanol–water partition coefficient (Wildman–Crippen LogP) is 2.81. The third-order valence-corrected chi connectivity index (χ3v) is 2.68. The number of aromatic nitrogens is 1. The second-order valence-corrected chi connectivity index (χ2v) is 3.80. The Kier molecular flexibility index (Phi) is 3.60. The van der Waals surface area contributed by atoms with Crippen LogP contribution in [0.15, 0.2) is 42.6 Å². The van der Waals surface area contributed by atoms with E-state index >= 15 is 0 Å². The molecular formula is C14H16N2O. The number of ether oxygens (including phenoxy) is 1. The van der Waals surface area contributed by atoms with E-state index in [1.54, 1.807) is 6.20 Å². The van der Waals surface area contributed by atoms with E-state index < -0.39 is 0 Å².